The Morgan fingerprint density at radius 2 is 2.14 bits per heavy atom. The highest BCUT2D eigenvalue weighted by molar-refractivity contribution is 7.17. The predicted octanol–water partition coefficient (Wildman–Crippen LogP) is 4.28. The number of piperidine rings is 1. The van der Waals surface area contributed by atoms with Gasteiger partial charge in [-0.05, 0) is 54.7 Å². The van der Waals surface area contributed by atoms with Gasteiger partial charge in [-0.25, -0.2) is 0 Å². The summed E-state index contributed by atoms with van der Waals surface area (Å²) in [5.41, 5.74) is 1.54. The molecule has 0 amide bonds. The van der Waals surface area contributed by atoms with Crippen LogP contribution in [0.5, 0.6) is 0 Å². The van der Waals surface area contributed by atoms with Crippen molar-refractivity contribution in [1.82, 2.24) is 10.2 Å². The second-order valence-corrected chi connectivity index (χ2v) is 7.49. The Bertz CT molecular complexity index is 590. The van der Waals surface area contributed by atoms with Gasteiger partial charge in [-0.3, -0.25) is 4.90 Å². The molecule has 2 atom stereocenters. The molecule has 0 bridgehead atoms. The van der Waals surface area contributed by atoms with Gasteiger partial charge in [-0.1, -0.05) is 32.0 Å². The number of benzene rings is 1. The minimum absolute atomic E-state index is 0.557. The third-order valence-electron chi connectivity index (χ3n) is 4.62. The van der Waals surface area contributed by atoms with E-state index in [1.807, 2.05) is 11.3 Å². The van der Waals surface area contributed by atoms with E-state index in [-0.39, 0.29) is 0 Å². The van der Waals surface area contributed by atoms with E-state index in [9.17, 15) is 0 Å². The van der Waals surface area contributed by atoms with Crippen molar-refractivity contribution in [3.63, 3.8) is 0 Å². The van der Waals surface area contributed by atoms with Crippen LogP contribution in [0.3, 0.4) is 0 Å². The number of likely N-dealkylation sites (tertiary alicyclic amines) is 1. The first-order chi connectivity index (χ1) is 10.2. The highest BCUT2D eigenvalue weighted by Crippen LogP contribution is 2.40. The molecule has 1 N–H and O–H groups in total. The Hall–Kier alpha value is -0.900. The van der Waals surface area contributed by atoms with Crippen LogP contribution in [0, 0.1) is 5.92 Å². The van der Waals surface area contributed by atoms with Crippen LogP contribution in [-0.2, 0) is 0 Å². The molecule has 2 unspecified atom stereocenters. The number of nitrogens with one attached hydrogen (secondary N) is 1. The molecule has 2 nitrogen and oxygen atoms in total. The molecule has 2 aromatic rings. The van der Waals surface area contributed by atoms with Crippen LogP contribution in [0.15, 0.2) is 29.6 Å². The fraction of sp³-hybridized carbons (Fsp3) is 0.556. The van der Waals surface area contributed by atoms with Gasteiger partial charge in [0.1, 0.15) is 0 Å². The standard InChI is InChI=1S/C18H26N2S/c1-13(2)19-11-14-7-6-10-20(3)18(14)16-12-21-17-9-5-4-8-15(16)17/h4-5,8-9,12-14,18-19H,6-7,10-11H2,1-3H3. The Morgan fingerprint density at radius 1 is 1.33 bits per heavy atom. The van der Waals surface area contributed by atoms with E-state index in [2.05, 4.69) is 60.8 Å². The van der Waals surface area contributed by atoms with Crippen molar-refractivity contribution in [3.8, 4) is 0 Å². The molecule has 1 aliphatic heterocycles. The van der Waals surface area contributed by atoms with Gasteiger partial charge in [0, 0.05) is 23.3 Å². The molecule has 0 spiro atoms. The van der Waals surface area contributed by atoms with Crippen LogP contribution >= 0.6 is 11.3 Å². The van der Waals surface area contributed by atoms with E-state index in [4.69, 9.17) is 0 Å². The highest BCUT2D eigenvalue weighted by Gasteiger charge is 2.31. The molecule has 3 rings (SSSR count). The number of hydrogen-bond acceptors (Lipinski definition) is 3. The van der Waals surface area contributed by atoms with Crippen LogP contribution in [0.2, 0.25) is 0 Å². The lowest BCUT2D eigenvalue weighted by Crippen LogP contribution is -2.41. The van der Waals surface area contributed by atoms with Crippen molar-refractivity contribution >= 4 is 21.4 Å². The summed E-state index contributed by atoms with van der Waals surface area (Å²) < 4.78 is 1.42. The van der Waals surface area contributed by atoms with Gasteiger partial charge < -0.3 is 5.32 Å². The fourth-order valence-electron chi connectivity index (χ4n) is 3.58. The van der Waals surface area contributed by atoms with E-state index in [1.54, 1.807) is 0 Å². The number of fused-ring (bicyclic) bond motifs is 1. The van der Waals surface area contributed by atoms with Crippen LogP contribution in [0.25, 0.3) is 10.1 Å². The van der Waals surface area contributed by atoms with Gasteiger partial charge >= 0.3 is 0 Å². The summed E-state index contributed by atoms with van der Waals surface area (Å²) in [4.78, 5) is 2.56. The van der Waals surface area contributed by atoms with Crippen LogP contribution in [0.4, 0.5) is 0 Å². The lowest BCUT2D eigenvalue weighted by molar-refractivity contribution is 0.119. The SMILES string of the molecule is CC(C)NCC1CCCN(C)C1c1csc2ccccc12. The maximum Gasteiger partial charge on any atom is 0.0399 e. The first-order valence-corrected chi connectivity index (χ1v) is 8.94. The number of thiophene rings is 1. The molecule has 0 saturated carbocycles. The molecule has 21 heavy (non-hydrogen) atoms. The first-order valence-electron chi connectivity index (χ1n) is 8.06. The smallest absolute Gasteiger partial charge is 0.0399 e. The Morgan fingerprint density at radius 3 is 2.95 bits per heavy atom. The average molecular weight is 302 g/mol. The summed E-state index contributed by atoms with van der Waals surface area (Å²) in [5, 5.41) is 7.50. The number of rotatable bonds is 4. The van der Waals surface area contributed by atoms with Crippen LogP contribution in [-0.4, -0.2) is 31.1 Å². The van der Waals surface area contributed by atoms with Crippen molar-refractivity contribution in [2.45, 2.75) is 38.8 Å². The largest absolute Gasteiger partial charge is 0.314 e. The molecule has 1 aromatic heterocycles. The minimum atomic E-state index is 0.557. The van der Waals surface area contributed by atoms with E-state index in [0.717, 1.165) is 6.54 Å². The lowest BCUT2D eigenvalue weighted by atomic mass is 9.84. The predicted molar refractivity (Wildman–Crippen MR) is 93.1 cm³/mol. The summed E-state index contributed by atoms with van der Waals surface area (Å²) in [6, 6.07) is 9.97. The zero-order chi connectivity index (χ0) is 14.8. The first kappa shape index (κ1) is 15.0. The van der Waals surface area contributed by atoms with E-state index in [1.165, 1.54) is 35.0 Å². The average Bonchev–Trinajstić information content (AvgIpc) is 2.89. The van der Waals surface area contributed by atoms with Gasteiger partial charge in [0.25, 0.3) is 0 Å². The Kier molecular flexibility index (Phi) is 4.63. The van der Waals surface area contributed by atoms with Crippen molar-refractivity contribution in [1.29, 1.82) is 0 Å². The van der Waals surface area contributed by atoms with Gasteiger partial charge in [-0.15, -0.1) is 11.3 Å². The van der Waals surface area contributed by atoms with Gasteiger partial charge in [0.15, 0.2) is 0 Å². The molecular formula is C18H26N2S. The normalized spacial score (nSPS) is 24.0. The molecule has 2 heterocycles. The second kappa shape index (κ2) is 6.47. The second-order valence-electron chi connectivity index (χ2n) is 6.58. The zero-order valence-electron chi connectivity index (χ0n) is 13.3. The summed E-state index contributed by atoms with van der Waals surface area (Å²) in [7, 11) is 2.29. The maximum absolute atomic E-state index is 3.65. The molecule has 0 radical (unpaired) electrons. The molecule has 1 saturated heterocycles. The molecule has 1 aromatic carbocycles. The van der Waals surface area contributed by atoms with Crippen molar-refractivity contribution in [3.05, 3.63) is 35.2 Å². The highest BCUT2D eigenvalue weighted by atomic mass is 32.1. The monoisotopic (exact) mass is 302 g/mol. The van der Waals surface area contributed by atoms with Crippen molar-refractivity contribution in [2.24, 2.45) is 5.92 Å². The van der Waals surface area contributed by atoms with Gasteiger partial charge in [0.2, 0.25) is 0 Å². The maximum atomic E-state index is 3.65. The molecule has 3 heteroatoms. The summed E-state index contributed by atoms with van der Waals surface area (Å²) >= 11 is 1.89. The van der Waals surface area contributed by atoms with Gasteiger partial charge in [-0.2, -0.15) is 0 Å². The third kappa shape index (κ3) is 3.15. The third-order valence-corrected chi connectivity index (χ3v) is 5.61. The van der Waals surface area contributed by atoms with E-state index in [0.29, 0.717) is 18.0 Å². The topological polar surface area (TPSA) is 15.3 Å². The zero-order valence-corrected chi connectivity index (χ0v) is 14.1. The molecular weight excluding hydrogens is 276 g/mol. The van der Waals surface area contributed by atoms with Crippen LogP contribution < -0.4 is 5.32 Å². The van der Waals surface area contributed by atoms with E-state index < -0.39 is 0 Å². The molecule has 1 aliphatic rings. The molecule has 114 valence electrons. The van der Waals surface area contributed by atoms with Crippen molar-refractivity contribution in [2.75, 3.05) is 20.1 Å². The lowest BCUT2D eigenvalue weighted by Gasteiger charge is -2.40. The Labute approximate surface area is 132 Å². The summed E-state index contributed by atoms with van der Waals surface area (Å²) in [6.45, 7) is 6.81. The fourth-order valence-corrected chi connectivity index (χ4v) is 4.57. The summed E-state index contributed by atoms with van der Waals surface area (Å²) in [5.74, 6) is 0.712. The molecule has 0 aliphatic carbocycles. The van der Waals surface area contributed by atoms with E-state index >= 15 is 0 Å². The minimum Gasteiger partial charge on any atom is -0.314 e. The quantitative estimate of drug-likeness (QED) is 0.906. The van der Waals surface area contributed by atoms with Crippen molar-refractivity contribution < 1.29 is 0 Å². The number of hydrogen-bond donors (Lipinski definition) is 1. The van der Waals surface area contributed by atoms with Crippen LogP contribution in [0.1, 0.15) is 38.3 Å². The molecule has 1 fully saturated rings. The Balaban J connectivity index is 1.91. The summed E-state index contributed by atoms with van der Waals surface area (Å²) in [6.07, 6.45) is 2.65. The van der Waals surface area contributed by atoms with Gasteiger partial charge in [0.05, 0.1) is 0 Å². The number of nitrogens with zero attached hydrogens (tertiary/aromatic N) is 1.